The molecule has 0 atom stereocenters. The molecule has 0 N–H and O–H groups in total. The van der Waals surface area contributed by atoms with Crippen molar-refractivity contribution in [3.05, 3.63) is 32.2 Å². The second kappa shape index (κ2) is 6.13. The summed E-state index contributed by atoms with van der Waals surface area (Å²) in [7, 11) is -6.00. The zero-order valence-electron chi connectivity index (χ0n) is 7.27. The molecule has 0 bridgehead atoms. The van der Waals surface area contributed by atoms with Crippen LogP contribution in [0.25, 0.3) is 4.98 Å². The third-order valence-electron chi connectivity index (χ3n) is 1.08. The molecule has 16 heavy (non-hydrogen) atoms. The van der Waals surface area contributed by atoms with Crippen molar-refractivity contribution in [3.8, 4) is 0 Å². The van der Waals surface area contributed by atoms with Gasteiger partial charge in [0.2, 0.25) is 5.39 Å². The Balaban J connectivity index is 0.000000385. The molecule has 10 heteroatoms. The van der Waals surface area contributed by atoms with Crippen LogP contribution in [0.5, 0.6) is 0 Å². The van der Waals surface area contributed by atoms with Crippen molar-refractivity contribution in [2.45, 2.75) is 0 Å². The van der Waals surface area contributed by atoms with Crippen LogP contribution in [0.15, 0.2) is 12.1 Å². The van der Waals surface area contributed by atoms with Crippen molar-refractivity contribution in [3.63, 3.8) is 0 Å². The highest BCUT2D eigenvalue weighted by molar-refractivity contribution is 6.50. The first-order valence-corrected chi connectivity index (χ1v) is 4.65. The molecule has 2 nitrogen and oxygen atoms in total. The fourth-order valence-electron chi connectivity index (χ4n) is 0.630. The lowest BCUT2D eigenvalue weighted by Gasteiger charge is -1.94. The van der Waals surface area contributed by atoms with Gasteiger partial charge in [-0.1, -0.05) is 34.8 Å². The van der Waals surface area contributed by atoms with Gasteiger partial charge in [0.05, 0.1) is 0 Å². The van der Waals surface area contributed by atoms with Crippen molar-refractivity contribution in [1.82, 2.24) is 0 Å². The Labute approximate surface area is 103 Å². The van der Waals surface area contributed by atoms with Crippen molar-refractivity contribution >= 4 is 47.7 Å². The molecule has 0 heterocycles. The van der Waals surface area contributed by atoms with Crippen LogP contribution in [-0.4, -0.2) is 7.25 Å². The first-order chi connectivity index (χ1) is 7.15. The molecule has 0 spiro atoms. The Kier molecular flexibility index (Phi) is 5.86. The molecular weight excluding hydrogens is 293 g/mol. The van der Waals surface area contributed by atoms with Gasteiger partial charge in [-0.05, 0) is 12.1 Å². The Morgan fingerprint density at radius 1 is 1.00 bits per heavy atom. The van der Waals surface area contributed by atoms with E-state index < -0.39 is 7.25 Å². The van der Waals surface area contributed by atoms with Gasteiger partial charge in [-0.2, -0.15) is 0 Å². The van der Waals surface area contributed by atoms with E-state index in [0.717, 1.165) is 0 Å². The standard InChI is InChI=1S/C6H2Cl3N2.BF4/c7-3-1-4(8)6(11-10)5(9)2-3;2-1(3,4)5/h1-2H;/q+1;-1. The highest BCUT2D eigenvalue weighted by atomic mass is 35.5. The van der Waals surface area contributed by atoms with E-state index in [9.17, 15) is 17.3 Å². The molecule has 0 amide bonds. The smallest absolute Gasteiger partial charge is 0.418 e. The fourth-order valence-corrected chi connectivity index (χ4v) is 1.52. The minimum atomic E-state index is -6.00. The summed E-state index contributed by atoms with van der Waals surface area (Å²) >= 11 is 16.8. The minimum absolute atomic E-state index is 0.137. The van der Waals surface area contributed by atoms with E-state index >= 15 is 0 Å². The first kappa shape index (κ1) is 15.3. The van der Waals surface area contributed by atoms with Gasteiger partial charge in [0, 0.05) is 5.02 Å². The maximum absolute atomic E-state index is 9.75. The van der Waals surface area contributed by atoms with Crippen LogP contribution in [0.2, 0.25) is 15.1 Å². The van der Waals surface area contributed by atoms with Crippen LogP contribution in [0.1, 0.15) is 0 Å². The molecule has 0 aliphatic rings. The molecule has 0 radical (unpaired) electrons. The number of hydrogen-bond donors (Lipinski definition) is 0. The molecule has 1 aromatic rings. The third kappa shape index (κ3) is 6.72. The van der Waals surface area contributed by atoms with Gasteiger partial charge in [0.15, 0.2) is 4.98 Å². The van der Waals surface area contributed by atoms with Gasteiger partial charge in [-0.3, -0.25) is 0 Å². The van der Waals surface area contributed by atoms with E-state index in [1.807, 2.05) is 0 Å². The maximum atomic E-state index is 9.75. The summed E-state index contributed by atoms with van der Waals surface area (Å²) in [6, 6.07) is 2.90. The van der Waals surface area contributed by atoms with Crippen LogP contribution in [0, 0.1) is 5.39 Å². The van der Waals surface area contributed by atoms with Crippen molar-refractivity contribution < 1.29 is 17.3 Å². The van der Waals surface area contributed by atoms with Crippen LogP contribution in [0.4, 0.5) is 23.0 Å². The Morgan fingerprint density at radius 3 is 1.56 bits per heavy atom. The SMILES string of the molecule is F[B-](F)(F)F.N#[N+]c1c(Cl)cc(Cl)cc1Cl. The summed E-state index contributed by atoms with van der Waals surface area (Å²) in [5.41, 5.74) is 0.137. The summed E-state index contributed by atoms with van der Waals surface area (Å²) in [6.45, 7) is 0. The summed E-state index contributed by atoms with van der Waals surface area (Å²) in [5.74, 6) is 0. The van der Waals surface area contributed by atoms with E-state index in [2.05, 4.69) is 4.98 Å². The van der Waals surface area contributed by atoms with Crippen molar-refractivity contribution in [1.29, 1.82) is 5.39 Å². The molecule has 0 aromatic heterocycles. The first-order valence-electron chi connectivity index (χ1n) is 3.52. The zero-order chi connectivity index (χ0) is 12.9. The number of rotatable bonds is 0. The van der Waals surface area contributed by atoms with Gasteiger partial charge in [0.25, 0.3) is 0 Å². The van der Waals surface area contributed by atoms with Crippen molar-refractivity contribution in [2.24, 2.45) is 0 Å². The normalized spacial score (nSPS) is 10.1. The number of benzene rings is 1. The molecule has 1 aromatic carbocycles. The summed E-state index contributed by atoms with van der Waals surface area (Å²) in [5, 5.41) is 9.27. The molecule has 0 saturated carbocycles. The monoisotopic (exact) mass is 294 g/mol. The van der Waals surface area contributed by atoms with Crippen LogP contribution in [-0.2, 0) is 0 Å². The highest BCUT2D eigenvalue weighted by Gasteiger charge is 2.20. The van der Waals surface area contributed by atoms with E-state index in [0.29, 0.717) is 5.02 Å². The molecular formula is C6H2BCl3F4N2. The van der Waals surface area contributed by atoms with Gasteiger partial charge in [0.1, 0.15) is 10.0 Å². The Morgan fingerprint density at radius 2 is 1.31 bits per heavy atom. The lowest BCUT2D eigenvalue weighted by molar-refractivity contribution is 0.368. The number of halogens is 7. The quantitative estimate of drug-likeness (QED) is 0.356. The third-order valence-corrected chi connectivity index (χ3v) is 1.88. The van der Waals surface area contributed by atoms with Gasteiger partial charge >= 0.3 is 12.9 Å². The predicted octanol–water partition coefficient (Wildman–Crippen LogP) is 5.43. The number of hydrogen-bond acceptors (Lipinski definition) is 1. The summed E-state index contributed by atoms with van der Waals surface area (Å²) < 4.78 is 39.0. The topological polar surface area (TPSA) is 28.1 Å². The number of diazo groups is 1. The Bertz CT molecular complexity index is 388. The predicted molar refractivity (Wildman–Crippen MR) is 56.4 cm³/mol. The van der Waals surface area contributed by atoms with Crippen LogP contribution < -0.4 is 0 Å². The summed E-state index contributed by atoms with van der Waals surface area (Å²) in [4.78, 5) is 2.89. The average Bonchev–Trinajstić information content (AvgIpc) is 1.99. The van der Waals surface area contributed by atoms with E-state index in [4.69, 9.17) is 40.2 Å². The highest BCUT2D eigenvalue weighted by Crippen LogP contribution is 2.35. The lowest BCUT2D eigenvalue weighted by atomic mass is 10.3. The molecule has 0 fully saturated rings. The molecule has 88 valence electrons. The molecule has 0 aliphatic heterocycles. The molecule has 1 rings (SSSR count). The van der Waals surface area contributed by atoms with E-state index in [1.165, 1.54) is 12.1 Å². The van der Waals surface area contributed by atoms with E-state index in [-0.39, 0.29) is 15.7 Å². The largest absolute Gasteiger partial charge is 0.673 e. The summed E-state index contributed by atoms with van der Waals surface area (Å²) in [6.07, 6.45) is 0. The Hall–Kier alpha value is -0.705. The maximum Gasteiger partial charge on any atom is 0.673 e. The second-order valence-electron chi connectivity index (χ2n) is 2.31. The van der Waals surface area contributed by atoms with E-state index in [1.54, 1.807) is 0 Å². The van der Waals surface area contributed by atoms with Gasteiger partial charge in [-0.25, -0.2) is 0 Å². The van der Waals surface area contributed by atoms with Crippen LogP contribution >= 0.6 is 34.8 Å². The fraction of sp³-hybridized carbons (Fsp3) is 0. The molecule has 0 saturated heterocycles. The van der Waals surface area contributed by atoms with Gasteiger partial charge in [-0.15, -0.1) is 0 Å². The minimum Gasteiger partial charge on any atom is -0.418 e. The zero-order valence-corrected chi connectivity index (χ0v) is 9.54. The number of nitrogens with zero attached hydrogens (tertiary/aromatic N) is 2. The molecule has 0 aliphatic carbocycles. The average molecular weight is 295 g/mol. The lowest BCUT2D eigenvalue weighted by Crippen LogP contribution is -2.02. The molecule has 0 unspecified atom stereocenters. The van der Waals surface area contributed by atoms with Gasteiger partial charge < -0.3 is 17.3 Å². The van der Waals surface area contributed by atoms with Crippen LogP contribution in [0.3, 0.4) is 0 Å². The second-order valence-corrected chi connectivity index (χ2v) is 3.56. The van der Waals surface area contributed by atoms with Crippen molar-refractivity contribution in [2.75, 3.05) is 0 Å².